The molecule has 1 rings (SSSR count). The van der Waals surface area contributed by atoms with Crippen LogP contribution in [0.25, 0.3) is 0 Å². The van der Waals surface area contributed by atoms with Gasteiger partial charge >= 0.3 is 12.0 Å². The van der Waals surface area contributed by atoms with Crippen LogP contribution >= 0.6 is 0 Å². The number of hydrogen-bond donors (Lipinski definition) is 3. The van der Waals surface area contributed by atoms with E-state index in [0.717, 1.165) is 5.56 Å². The summed E-state index contributed by atoms with van der Waals surface area (Å²) >= 11 is 0. The fourth-order valence-electron chi connectivity index (χ4n) is 1.48. The highest BCUT2D eigenvalue weighted by molar-refractivity contribution is 5.82. The largest absolute Gasteiger partial charge is 0.480 e. The van der Waals surface area contributed by atoms with Crippen LogP contribution in [0, 0.1) is 11.3 Å². The molecule has 0 saturated heterocycles. The molecule has 1 aromatic carbocycles. The summed E-state index contributed by atoms with van der Waals surface area (Å²) in [7, 11) is 0. The molecule has 0 radical (unpaired) electrons. The van der Waals surface area contributed by atoms with Crippen LogP contribution in [0.3, 0.4) is 0 Å². The maximum Gasteiger partial charge on any atom is 0.326 e. The van der Waals surface area contributed by atoms with E-state index in [1.807, 2.05) is 6.07 Å². The van der Waals surface area contributed by atoms with Crippen molar-refractivity contribution < 1.29 is 14.7 Å². The molecule has 0 unspecified atom stereocenters. The minimum absolute atomic E-state index is 0.234. The van der Waals surface area contributed by atoms with Crippen molar-refractivity contribution in [1.29, 1.82) is 5.26 Å². The third-order valence-electron chi connectivity index (χ3n) is 2.52. The van der Waals surface area contributed by atoms with Crippen molar-refractivity contribution in [3.8, 4) is 6.07 Å². The average Bonchev–Trinajstić information content (AvgIpc) is 2.42. The summed E-state index contributed by atoms with van der Waals surface area (Å²) in [6.45, 7) is 1.91. The monoisotopic (exact) mass is 261 g/mol. The highest BCUT2D eigenvalue weighted by Crippen LogP contribution is 2.03. The van der Waals surface area contributed by atoms with Crippen molar-refractivity contribution in [2.45, 2.75) is 25.9 Å². The highest BCUT2D eigenvalue weighted by atomic mass is 16.4. The van der Waals surface area contributed by atoms with Crippen LogP contribution in [0.5, 0.6) is 0 Å². The number of carboxylic acids is 1. The number of nitriles is 1. The van der Waals surface area contributed by atoms with Gasteiger partial charge in [0.05, 0.1) is 11.6 Å². The van der Waals surface area contributed by atoms with Gasteiger partial charge in [-0.3, -0.25) is 0 Å². The fraction of sp³-hybridized carbons (Fsp3) is 0.308. The molecule has 0 bridgehead atoms. The first kappa shape index (κ1) is 14.5. The van der Waals surface area contributed by atoms with Crippen LogP contribution < -0.4 is 10.6 Å². The van der Waals surface area contributed by atoms with E-state index in [1.165, 1.54) is 0 Å². The van der Waals surface area contributed by atoms with Crippen LogP contribution in [0.4, 0.5) is 4.79 Å². The van der Waals surface area contributed by atoms with Gasteiger partial charge in [-0.25, -0.2) is 9.59 Å². The van der Waals surface area contributed by atoms with Gasteiger partial charge in [-0.15, -0.1) is 0 Å². The molecule has 0 fully saturated rings. The predicted molar refractivity (Wildman–Crippen MR) is 68.2 cm³/mol. The quantitative estimate of drug-likeness (QED) is 0.741. The number of carboxylic acid groups (broad SMARTS) is 1. The first-order valence-corrected chi connectivity index (χ1v) is 5.83. The molecule has 0 aromatic heterocycles. The lowest BCUT2D eigenvalue weighted by molar-refractivity contribution is -0.139. The Morgan fingerprint density at radius 3 is 2.79 bits per heavy atom. The highest BCUT2D eigenvalue weighted by Gasteiger charge is 2.16. The Kier molecular flexibility index (Phi) is 5.35. The van der Waals surface area contributed by atoms with Crippen LogP contribution in [0.2, 0.25) is 0 Å². The summed E-state index contributed by atoms with van der Waals surface area (Å²) in [5, 5.41) is 22.4. The normalized spacial score (nSPS) is 11.2. The smallest absolute Gasteiger partial charge is 0.326 e. The van der Waals surface area contributed by atoms with E-state index in [4.69, 9.17) is 10.4 Å². The van der Waals surface area contributed by atoms with Crippen LogP contribution in [0.15, 0.2) is 24.3 Å². The van der Waals surface area contributed by atoms with Gasteiger partial charge in [0.2, 0.25) is 0 Å². The minimum atomic E-state index is -1.07. The summed E-state index contributed by atoms with van der Waals surface area (Å²) in [6.07, 6.45) is 0.312. The van der Waals surface area contributed by atoms with Crippen LogP contribution in [0.1, 0.15) is 24.5 Å². The average molecular weight is 261 g/mol. The van der Waals surface area contributed by atoms with Gasteiger partial charge in [0.15, 0.2) is 0 Å². The van der Waals surface area contributed by atoms with E-state index in [0.29, 0.717) is 12.0 Å². The number of amides is 2. The summed E-state index contributed by atoms with van der Waals surface area (Å²) in [5.41, 5.74) is 1.29. The second kappa shape index (κ2) is 7.01. The molecule has 0 saturated carbocycles. The third kappa shape index (κ3) is 4.68. The summed E-state index contributed by atoms with van der Waals surface area (Å²) < 4.78 is 0. The number of benzene rings is 1. The predicted octanol–water partition coefficient (Wildman–Crippen LogP) is 1.22. The van der Waals surface area contributed by atoms with E-state index in [2.05, 4.69) is 10.6 Å². The molecular weight excluding hydrogens is 246 g/mol. The van der Waals surface area contributed by atoms with Gasteiger partial charge in [-0.2, -0.15) is 5.26 Å². The van der Waals surface area contributed by atoms with Crippen LogP contribution in [-0.4, -0.2) is 23.1 Å². The molecule has 6 nitrogen and oxygen atoms in total. The Bertz CT molecular complexity index is 508. The van der Waals surface area contributed by atoms with E-state index in [-0.39, 0.29) is 6.54 Å². The first-order chi connectivity index (χ1) is 9.06. The number of aliphatic carboxylic acids is 1. The van der Waals surface area contributed by atoms with Gasteiger partial charge < -0.3 is 15.7 Å². The lowest BCUT2D eigenvalue weighted by Crippen LogP contribution is -2.45. The Morgan fingerprint density at radius 2 is 2.21 bits per heavy atom. The van der Waals surface area contributed by atoms with Crippen molar-refractivity contribution in [3.05, 3.63) is 35.4 Å². The van der Waals surface area contributed by atoms with Crippen molar-refractivity contribution in [2.75, 3.05) is 0 Å². The number of carbonyl (C=O) groups excluding carboxylic acids is 1. The standard InChI is InChI=1S/C13H15N3O3/c1-2-11(12(17)18)16-13(19)15-8-10-5-3-4-9(6-10)7-14/h3-6,11H,2,8H2,1H3,(H,17,18)(H2,15,16,19)/t11-/m0/s1. The van der Waals surface area contributed by atoms with Crippen molar-refractivity contribution in [1.82, 2.24) is 10.6 Å². The van der Waals surface area contributed by atoms with Gasteiger partial charge in [-0.1, -0.05) is 19.1 Å². The van der Waals surface area contributed by atoms with E-state index in [9.17, 15) is 9.59 Å². The molecular formula is C13H15N3O3. The molecule has 100 valence electrons. The number of nitrogens with one attached hydrogen (secondary N) is 2. The Hall–Kier alpha value is -2.55. The molecule has 2 amide bonds. The Balaban J connectivity index is 2.50. The van der Waals surface area contributed by atoms with E-state index >= 15 is 0 Å². The molecule has 3 N–H and O–H groups in total. The van der Waals surface area contributed by atoms with Gasteiger partial charge in [-0.05, 0) is 24.1 Å². The second-order valence-corrected chi connectivity index (χ2v) is 3.94. The molecule has 0 heterocycles. The SMILES string of the molecule is CC[C@H](NC(=O)NCc1cccc(C#N)c1)C(=O)O. The molecule has 0 aliphatic rings. The Labute approximate surface area is 111 Å². The lowest BCUT2D eigenvalue weighted by Gasteiger charge is -2.13. The van der Waals surface area contributed by atoms with Gasteiger partial charge in [0.25, 0.3) is 0 Å². The zero-order valence-electron chi connectivity index (χ0n) is 10.5. The lowest BCUT2D eigenvalue weighted by atomic mass is 10.1. The zero-order chi connectivity index (χ0) is 14.3. The number of nitrogens with zero attached hydrogens (tertiary/aromatic N) is 1. The number of hydrogen-bond acceptors (Lipinski definition) is 3. The first-order valence-electron chi connectivity index (χ1n) is 5.83. The molecule has 19 heavy (non-hydrogen) atoms. The molecule has 0 aliphatic heterocycles. The van der Waals surface area contributed by atoms with E-state index < -0.39 is 18.0 Å². The minimum Gasteiger partial charge on any atom is -0.480 e. The molecule has 6 heteroatoms. The van der Waals surface area contributed by atoms with E-state index in [1.54, 1.807) is 31.2 Å². The van der Waals surface area contributed by atoms with Gasteiger partial charge in [0, 0.05) is 6.54 Å². The Morgan fingerprint density at radius 1 is 1.47 bits per heavy atom. The zero-order valence-corrected chi connectivity index (χ0v) is 10.5. The fourth-order valence-corrected chi connectivity index (χ4v) is 1.48. The van der Waals surface area contributed by atoms with Crippen LogP contribution in [-0.2, 0) is 11.3 Å². The van der Waals surface area contributed by atoms with Gasteiger partial charge in [0.1, 0.15) is 6.04 Å². The maximum atomic E-state index is 11.5. The summed E-state index contributed by atoms with van der Waals surface area (Å²) in [4.78, 5) is 22.2. The maximum absolute atomic E-state index is 11.5. The number of urea groups is 1. The number of rotatable bonds is 5. The number of carbonyl (C=O) groups is 2. The molecule has 0 spiro atoms. The third-order valence-corrected chi connectivity index (χ3v) is 2.52. The van der Waals surface area contributed by atoms with Crippen molar-refractivity contribution >= 4 is 12.0 Å². The summed E-state index contributed by atoms with van der Waals surface area (Å²) in [5.74, 6) is -1.07. The summed E-state index contributed by atoms with van der Waals surface area (Å²) in [6, 6.07) is 7.39. The van der Waals surface area contributed by atoms with Crippen molar-refractivity contribution in [3.63, 3.8) is 0 Å². The van der Waals surface area contributed by atoms with Crippen molar-refractivity contribution in [2.24, 2.45) is 0 Å². The molecule has 1 atom stereocenters. The topological polar surface area (TPSA) is 102 Å². The molecule has 0 aliphatic carbocycles. The molecule has 1 aromatic rings. The second-order valence-electron chi connectivity index (χ2n) is 3.94.